The minimum absolute atomic E-state index is 0.441. The molecule has 1 saturated carbocycles. The number of nitrogens with zero attached hydrogens (tertiary/aromatic N) is 3. The van der Waals surface area contributed by atoms with Crippen LogP contribution in [0.25, 0.3) is 10.9 Å². The zero-order chi connectivity index (χ0) is 22.1. The zero-order valence-corrected chi connectivity index (χ0v) is 19.3. The number of benzene rings is 2. The first-order chi connectivity index (χ1) is 15.7. The van der Waals surface area contributed by atoms with Gasteiger partial charge in [0.05, 0.1) is 12.6 Å². The Bertz CT molecular complexity index is 1090. The van der Waals surface area contributed by atoms with Crippen molar-refractivity contribution in [2.45, 2.75) is 56.8 Å². The van der Waals surface area contributed by atoms with Gasteiger partial charge in [-0.3, -0.25) is 0 Å². The second-order valence-corrected chi connectivity index (χ2v) is 9.44. The first-order valence-electron chi connectivity index (χ1n) is 12.1. The summed E-state index contributed by atoms with van der Waals surface area (Å²) < 4.78 is 5.63. The maximum atomic E-state index is 5.83. The van der Waals surface area contributed by atoms with E-state index in [9.17, 15) is 0 Å². The number of hydrogen-bond donors (Lipinski definition) is 1. The molecule has 0 spiro atoms. The van der Waals surface area contributed by atoms with E-state index in [1.54, 1.807) is 7.11 Å². The summed E-state index contributed by atoms with van der Waals surface area (Å²) in [7, 11) is 1.77. The van der Waals surface area contributed by atoms with Gasteiger partial charge in [-0.1, -0.05) is 31.2 Å². The van der Waals surface area contributed by atoms with E-state index in [0.717, 1.165) is 55.3 Å². The van der Waals surface area contributed by atoms with E-state index in [0.29, 0.717) is 24.3 Å². The molecule has 1 aliphatic carbocycles. The van der Waals surface area contributed by atoms with E-state index in [2.05, 4.69) is 48.2 Å². The molecule has 2 aliphatic rings. The Morgan fingerprint density at radius 3 is 2.53 bits per heavy atom. The van der Waals surface area contributed by atoms with Crippen LogP contribution in [0, 0.1) is 0 Å². The zero-order valence-electron chi connectivity index (χ0n) is 19.3. The fraction of sp³-hybridized carbons (Fsp3) is 0.481. The molecular weight excluding hydrogens is 396 g/mol. The van der Waals surface area contributed by atoms with E-state index in [4.69, 9.17) is 20.4 Å². The van der Waals surface area contributed by atoms with Crippen LogP contribution in [0.4, 0.5) is 5.82 Å². The lowest BCUT2D eigenvalue weighted by molar-refractivity contribution is 0.397. The third kappa shape index (κ3) is 4.18. The molecule has 0 radical (unpaired) electrons. The number of hydrogen-bond acceptors (Lipinski definition) is 5. The molecule has 168 valence electrons. The van der Waals surface area contributed by atoms with E-state index in [-0.39, 0.29) is 0 Å². The number of fused-ring (bicyclic) bond motifs is 1. The van der Waals surface area contributed by atoms with Crippen molar-refractivity contribution in [2.24, 2.45) is 5.73 Å². The maximum absolute atomic E-state index is 5.83. The van der Waals surface area contributed by atoms with Crippen molar-refractivity contribution in [3.8, 4) is 5.75 Å². The molecule has 2 fully saturated rings. The highest BCUT2D eigenvalue weighted by Crippen LogP contribution is 2.41. The molecule has 1 aromatic heterocycles. The van der Waals surface area contributed by atoms with Crippen LogP contribution in [0.5, 0.6) is 5.75 Å². The Morgan fingerprint density at radius 1 is 1.03 bits per heavy atom. The molecule has 2 N–H and O–H groups in total. The standard InChI is InChI=1S/C27H34N4O/c1-18(11-14-28)21-9-10-24-23(17-21)27(30-26(29-24)20-7-8-20)31-15-12-19(13-16-31)22-5-3-4-6-25(22)32-2/h3-6,9-10,17-20H,7-8,11-16,28H2,1-2H3. The minimum atomic E-state index is 0.441. The summed E-state index contributed by atoms with van der Waals surface area (Å²) in [6, 6.07) is 15.2. The lowest BCUT2D eigenvalue weighted by atomic mass is 9.88. The van der Waals surface area contributed by atoms with Gasteiger partial charge in [0.15, 0.2) is 0 Å². The number of methoxy groups -OCH3 is 1. The van der Waals surface area contributed by atoms with Crippen LogP contribution in [-0.4, -0.2) is 36.7 Å². The summed E-state index contributed by atoms with van der Waals surface area (Å²) in [5, 5.41) is 1.19. The number of anilines is 1. The number of ether oxygens (including phenoxy) is 1. The quantitative estimate of drug-likeness (QED) is 0.547. The molecule has 5 nitrogen and oxygen atoms in total. The molecule has 3 aromatic rings. The Morgan fingerprint density at radius 2 is 1.81 bits per heavy atom. The van der Waals surface area contributed by atoms with Crippen molar-refractivity contribution in [1.82, 2.24) is 9.97 Å². The Balaban J connectivity index is 1.45. The number of nitrogens with two attached hydrogens (primary N) is 1. The summed E-state index contributed by atoms with van der Waals surface area (Å²) in [6.45, 7) is 4.97. The second kappa shape index (κ2) is 9.07. The normalized spacial score (nSPS) is 18.2. The van der Waals surface area contributed by atoms with Crippen LogP contribution in [0.3, 0.4) is 0 Å². The van der Waals surface area contributed by atoms with E-state index in [1.807, 2.05) is 6.07 Å². The molecule has 5 rings (SSSR count). The van der Waals surface area contributed by atoms with Crippen LogP contribution < -0.4 is 15.4 Å². The van der Waals surface area contributed by atoms with Gasteiger partial charge in [-0.05, 0) is 79.8 Å². The van der Waals surface area contributed by atoms with Crippen LogP contribution in [0.15, 0.2) is 42.5 Å². The van der Waals surface area contributed by atoms with Crippen molar-refractivity contribution in [2.75, 3.05) is 31.6 Å². The molecule has 0 bridgehead atoms. The molecule has 2 aromatic carbocycles. The van der Waals surface area contributed by atoms with Gasteiger partial charge < -0.3 is 15.4 Å². The van der Waals surface area contributed by atoms with E-state index < -0.39 is 0 Å². The molecule has 1 aliphatic heterocycles. The fourth-order valence-electron chi connectivity index (χ4n) is 5.04. The van der Waals surface area contributed by atoms with Crippen molar-refractivity contribution in [1.29, 1.82) is 0 Å². The number of piperidine rings is 1. The Labute approximate surface area is 191 Å². The molecule has 5 heteroatoms. The van der Waals surface area contributed by atoms with Gasteiger partial charge in [0.1, 0.15) is 17.4 Å². The summed E-state index contributed by atoms with van der Waals surface area (Å²) in [6.07, 6.45) is 5.63. The number of rotatable bonds is 7. The topological polar surface area (TPSA) is 64.3 Å². The Kier molecular flexibility index (Phi) is 6.01. The van der Waals surface area contributed by atoms with E-state index >= 15 is 0 Å². The van der Waals surface area contributed by atoms with Crippen LogP contribution in [0.1, 0.15) is 73.7 Å². The molecule has 0 amide bonds. The smallest absolute Gasteiger partial charge is 0.140 e. The van der Waals surface area contributed by atoms with Gasteiger partial charge in [0, 0.05) is 24.4 Å². The van der Waals surface area contributed by atoms with Gasteiger partial charge in [-0.2, -0.15) is 0 Å². The van der Waals surface area contributed by atoms with Crippen molar-refractivity contribution in [3.05, 3.63) is 59.4 Å². The molecular formula is C27H34N4O. The monoisotopic (exact) mass is 430 g/mol. The first kappa shape index (κ1) is 21.2. The van der Waals surface area contributed by atoms with Gasteiger partial charge in [-0.25, -0.2) is 9.97 Å². The fourth-order valence-corrected chi connectivity index (χ4v) is 5.04. The van der Waals surface area contributed by atoms with Crippen molar-refractivity contribution >= 4 is 16.7 Å². The third-order valence-electron chi connectivity index (χ3n) is 7.20. The third-order valence-corrected chi connectivity index (χ3v) is 7.20. The summed E-state index contributed by atoms with van der Waals surface area (Å²) >= 11 is 0. The highest BCUT2D eigenvalue weighted by molar-refractivity contribution is 5.90. The average molecular weight is 431 g/mol. The second-order valence-electron chi connectivity index (χ2n) is 9.44. The van der Waals surface area contributed by atoms with Gasteiger partial charge in [-0.15, -0.1) is 0 Å². The average Bonchev–Trinajstić information content (AvgIpc) is 3.69. The molecule has 1 atom stereocenters. The van der Waals surface area contributed by atoms with Crippen molar-refractivity contribution in [3.63, 3.8) is 0 Å². The van der Waals surface area contributed by atoms with Gasteiger partial charge >= 0.3 is 0 Å². The van der Waals surface area contributed by atoms with Crippen molar-refractivity contribution < 1.29 is 4.74 Å². The SMILES string of the molecule is COc1ccccc1C1CCN(c2nc(C3CC3)nc3ccc(C(C)CCN)cc23)CC1. The summed E-state index contributed by atoms with van der Waals surface area (Å²) in [5.41, 5.74) is 9.56. The first-order valence-corrected chi connectivity index (χ1v) is 12.1. The summed E-state index contributed by atoms with van der Waals surface area (Å²) in [5.74, 6) is 4.67. The number of aromatic nitrogens is 2. The predicted molar refractivity (Wildman–Crippen MR) is 131 cm³/mol. The lowest BCUT2D eigenvalue weighted by Crippen LogP contribution is -2.34. The van der Waals surface area contributed by atoms with Crippen LogP contribution in [0.2, 0.25) is 0 Å². The number of para-hydroxylation sites is 1. The van der Waals surface area contributed by atoms with Crippen LogP contribution in [-0.2, 0) is 0 Å². The largest absolute Gasteiger partial charge is 0.496 e. The molecule has 1 saturated heterocycles. The highest BCUT2D eigenvalue weighted by Gasteiger charge is 2.30. The molecule has 32 heavy (non-hydrogen) atoms. The van der Waals surface area contributed by atoms with Crippen LogP contribution >= 0.6 is 0 Å². The molecule has 1 unspecified atom stereocenters. The van der Waals surface area contributed by atoms with Gasteiger partial charge in [0.2, 0.25) is 0 Å². The predicted octanol–water partition coefficient (Wildman–Crippen LogP) is 5.35. The maximum Gasteiger partial charge on any atom is 0.140 e. The lowest BCUT2D eigenvalue weighted by Gasteiger charge is -2.34. The highest BCUT2D eigenvalue weighted by atomic mass is 16.5. The van der Waals surface area contributed by atoms with Gasteiger partial charge in [0.25, 0.3) is 0 Å². The summed E-state index contributed by atoms with van der Waals surface area (Å²) in [4.78, 5) is 12.6. The minimum Gasteiger partial charge on any atom is -0.496 e. The Hall–Kier alpha value is -2.66. The van der Waals surface area contributed by atoms with E-state index in [1.165, 1.54) is 29.4 Å². The molecule has 2 heterocycles.